The number of hydrogen-bond acceptors (Lipinski definition) is 3. The molecule has 1 atom stereocenters. The molecule has 1 fully saturated rings. The molecule has 5 heteroatoms. The fourth-order valence-electron chi connectivity index (χ4n) is 3.08. The topological polar surface area (TPSA) is 46.6 Å². The molecule has 0 aromatic heterocycles. The summed E-state index contributed by atoms with van der Waals surface area (Å²) in [5, 5.41) is 0. The van der Waals surface area contributed by atoms with Crippen LogP contribution in [0.4, 0.5) is 0 Å². The molecule has 1 unspecified atom stereocenters. The monoisotopic (exact) mass is 353 g/mol. The Morgan fingerprint density at radius 3 is 2.25 bits per heavy atom. The molecule has 136 valence electrons. The van der Waals surface area contributed by atoms with Crippen LogP contribution in [-0.4, -0.2) is 38.0 Å². The quantitative estimate of drug-likeness (QED) is 0.823. The summed E-state index contributed by atoms with van der Waals surface area (Å²) in [5.41, 5.74) is 1.16. The minimum Gasteiger partial charge on any atom is -0.376 e. The highest BCUT2D eigenvalue weighted by Gasteiger charge is 2.28. The zero-order valence-corrected chi connectivity index (χ0v) is 16.4. The molecule has 1 aliphatic heterocycles. The van der Waals surface area contributed by atoms with Gasteiger partial charge in [-0.05, 0) is 56.2 Å². The zero-order chi connectivity index (χ0) is 18.0. The van der Waals surface area contributed by atoms with Crippen LogP contribution in [0, 0.1) is 0 Å². The lowest BCUT2D eigenvalue weighted by molar-refractivity contribution is 0.00120. The molecule has 1 aromatic carbocycles. The van der Waals surface area contributed by atoms with Crippen LogP contribution in [0.25, 0.3) is 0 Å². The van der Waals surface area contributed by atoms with Gasteiger partial charge in [-0.2, -0.15) is 4.31 Å². The molecule has 24 heavy (non-hydrogen) atoms. The van der Waals surface area contributed by atoms with Crippen molar-refractivity contribution in [3.05, 3.63) is 29.8 Å². The van der Waals surface area contributed by atoms with E-state index >= 15 is 0 Å². The average Bonchev–Trinajstić information content (AvgIpc) is 2.72. The van der Waals surface area contributed by atoms with Crippen molar-refractivity contribution >= 4 is 10.0 Å². The first kappa shape index (κ1) is 19.4. The maximum Gasteiger partial charge on any atom is 0.243 e. The lowest BCUT2D eigenvalue weighted by Gasteiger charge is -2.22. The summed E-state index contributed by atoms with van der Waals surface area (Å²) in [4.78, 5) is 0.388. The Kier molecular flexibility index (Phi) is 6.10. The summed E-state index contributed by atoms with van der Waals surface area (Å²) in [6, 6.07) is 7.33. The smallest absolute Gasteiger partial charge is 0.243 e. The van der Waals surface area contributed by atoms with Crippen molar-refractivity contribution in [2.75, 3.05) is 13.1 Å². The van der Waals surface area contributed by atoms with Crippen LogP contribution in [0.15, 0.2) is 29.2 Å². The predicted molar refractivity (Wildman–Crippen MR) is 97.8 cm³/mol. The van der Waals surface area contributed by atoms with E-state index in [4.69, 9.17) is 4.74 Å². The molecule has 1 heterocycles. The van der Waals surface area contributed by atoms with E-state index in [9.17, 15) is 8.42 Å². The van der Waals surface area contributed by atoms with Crippen LogP contribution < -0.4 is 0 Å². The fourth-order valence-corrected chi connectivity index (χ4v) is 4.57. The number of nitrogens with zero attached hydrogens (tertiary/aromatic N) is 1. The number of hydrogen-bond donors (Lipinski definition) is 0. The van der Waals surface area contributed by atoms with Crippen molar-refractivity contribution in [3.63, 3.8) is 0 Å². The Morgan fingerprint density at radius 1 is 1.08 bits per heavy atom. The second-order valence-electron chi connectivity index (χ2n) is 7.92. The molecule has 0 aliphatic carbocycles. The second kappa shape index (κ2) is 7.54. The number of benzene rings is 1. The summed E-state index contributed by atoms with van der Waals surface area (Å²) < 4.78 is 33.3. The van der Waals surface area contributed by atoms with Gasteiger partial charge in [0.25, 0.3) is 0 Å². The molecule has 1 aliphatic rings. The largest absolute Gasteiger partial charge is 0.376 e. The van der Waals surface area contributed by atoms with Gasteiger partial charge in [-0.15, -0.1) is 0 Å². The third-order valence-electron chi connectivity index (χ3n) is 4.46. The van der Waals surface area contributed by atoms with Crippen molar-refractivity contribution in [1.82, 2.24) is 4.31 Å². The summed E-state index contributed by atoms with van der Waals surface area (Å²) in [5.74, 6) is 0. The maximum atomic E-state index is 12.9. The van der Waals surface area contributed by atoms with Crippen molar-refractivity contribution in [2.24, 2.45) is 0 Å². The van der Waals surface area contributed by atoms with Crippen LogP contribution in [0.3, 0.4) is 0 Å². The van der Waals surface area contributed by atoms with Crippen LogP contribution in [-0.2, 0) is 20.2 Å². The normalized spacial score (nSPS) is 21.0. The molecular formula is C19H31NO3S. The van der Waals surface area contributed by atoms with E-state index in [0.29, 0.717) is 18.0 Å². The summed E-state index contributed by atoms with van der Waals surface area (Å²) in [6.07, 6.45) is 2.87. The third-order valence-corrected chi connectivity index (χ3v) is 6.37. The first-order chi connectivity index (χ1) is 11.1. The highest BCUT2D eigenvalue weighted by atomic mass is 32.2. The van der Waals surface area contributed by atoms with Gasteiger partial charge in [-0.1, -0.05) is 32.9 Å². The van der Waals surface area contributed by atoms with Gasteiger partial charge in [0.1, 0.15) is 0 Å². The van der Waals surface area contributed by atoms with Gasteiger partial charge >= 0.3 is 0 Å². The lowest BCUT2D eigenvalue weighted by atomic mass is 9.87. The molecule has 0 radical (unpaired) electrons. The van der Waals surface area contributed by atoms with Crippen molar-refractivity contribution in [1.29, 1.82) is 0 Å². The van der Waals surface area contributed by atoms with Crippen molar-refractivity contribution in [3.8, 4) is 0 Å². The van der Waals surface area contributed by atoms with Crippen LogP contribution in [0.1, 0.15) is 59.4 Å². The highest BCUT2D eigenvalue weighted by Crippen LogP contribution is 2.26. The van der Waals surface area contributed by atoms with E-state index in [0.717, 1.165) is 24.8 Å². The van der Waals surface area contributed by atoms with Gasteiger partial charge in [-0.25, -0.2) is 8.42 Å². The van der Waals surface area contributed by atoms with E-state index in [1.165, 1.54) is 0 Å². The Hall–Kier alpha value is -0.910. The molecule has 1 saturated heterocycles. The molecule has 0 saturated carbocycles. The molecule has 0 spiro atoms. The fraction of sp³-hybridized carbons (Fsp3) is 0.684. The SMILES string of the molecule is CC(C)OC1CCCN(S(=O)(=O)c2ccc(C(C)(C)C)cc2)CC1. The van der Waals surface area contributed by atoms with Gasteiger partial charge in [0, 0.05) is 13.1 Å². The predicted octanol–water partition coefficient (Wildman–Crippen LogP) is 3.95. The molecule has 4 nitrogen and oxygen atoms in total. The number of rotatable bonds is 4. The van der Waals surface area contributed by atoms with Gasteiger partial charge in [0.15, 0.2) is 0 Å². The Bertz CT molecular complexity index is 630. The summed E-state index contributed by atoms with van der Waals surface area (Å²) in [7, 11) is -3.42. The minimum absolute atomic E-state index is 0.0201. The first-order valence-electron chi connectivity index (χ1n) is 8.87. The highest BCUT2D eigenvalue weighted by molar-refractivity contribution is 7.89. The van der Waals surface area contributed by atoms with Crippen LogP contribution in [0.2, 0.25) is 0 Å². The van der Waals surface area contributed by atoms with Crippen molar-refractivity contribution in [2.45, 2.75) is 76.4 Å². The third kappa shape index (κ3) is 4.80. The van der Waals surface area contributed by atoms with Crippen LogP contribution in [0.5, 0.6) is 0 Å². The minimum atomic E-state index is -3.42. The Labute approximate surface area is 147 Å². The standard InChI is InChI=1S/C19H31NO3S/c1-15(2)23-17-7-6-13-20(14-12-17)24(21,22)18-10-8-16(9-11-18)19(3,4)5/h8-11,15,17H,6-7,12-14H2,1-5H3. The van der Waals surface area contributed by atoms with E-state index < -0.39 is 10.0 Å². The first-order valence-corrected chi connectivity index (χ1v) is 10.3. The van der Waals surface area contributed by atoms with E-state index in [-0.39, 0.29) is 17.6 Å². The number of ether oxygens (including phenoxy) is 1. The molecule has 0 amide bonds. The average molecular weight is 354 g/mol. The van der Waals surface area contributed by atoms with E-state index in [1.807, 2.05) is 26.0 Å². The lowest BCUT2D eigenvalue weighted by Crippen LogP contribution is -2.32. The van der Waals surface area contributed by atoms with Gasteiger partial charge < -0.3 is 4.74 Å². The molecule has 0 N–H and O–H groups in total. The molecule has 2 rings (SSSR count). The Balaban J connectivity index is 2.12. The Morgan fingerprint density at radius 2 is 1.71 bits per heavy atom. The van der Waals surface area contributed by atoms with E-state index in [1.54, 1.807) is 16.4 Å². The van der Waals surface area contributed by atoms with Gasteiger partial charge in [0.05, 0.1) is 17.1 Å². The van der Waals surface area contributed by atoms with Gasteiger partial charge in [-0.3, -0.25) is 0 Å². The van der Waals surface area contributed by atoms with Gasteiger partial charge in [0.2, 0.25) is 10.0 Å². The molecule has 1 aromatic rings. The summed E-state index contributed by atoms with van der Waals surface area (Å²) >= 11 is 0. The van der Waals surface area contributed by atoms with Crippen molar-refractivity contribution < 1.29 is 13.2 Å². The molecular weight excluding hydrogens is 322 g/mol. The van der Waals surface area contributed by atoms with Crippen LogP contribution >= 0.6 is 0 Å². The zero-order valence-electron chi connectivity index (χ0n) is 15.6. The maximum absolute atomic E-state index is 12.9. The molecule has 0 bridgehead atoms. The second-order valence-corrected chi connectivity index (χ2v) is 9.85. The summed E-state index contributed by atoms with van der Waals surface area (Å²) in [6.45, 7) is 11.5. The number of sulfonamides is 1. The van der Waals surface area contributed by atoms with E-state index in [2.05, 4.69) is 20.8 Å².